The molecule has 3 rings (SSSR count). The van der Waals surface area contributed by atoms with Crippen LogP contribution in [0.15, 0.2) is 41.8 Å². The number of amides is 2. The fourth-order valence-electron chi connectivity index (χ4n) is 3.38. The van der Waals surface area contributed by atoms with E-state index in [0.717, 1.165) is 25.8 Å². The third-order valence-corrected chi connectivity index (χ3v) is 6.07. The lowest BCUT2D eigenvalue weighted by Crippen LogP contribution is -2.34. The summed E-state index contributed by atoms with van der Waals surface area (Å²) in [5, 5.41) is 4.96. The van der Waals surface area contributed by atoms with Crippen molar-refractivity contribution in [2.75, 3.05) is 25.0 Å². The summed E-state index contributed by atoms with van der Waals surface area (Å²) in [4.78, 5) is 28.1. The average molecular weight is 386 g/mol. The number of hydrogen-bond donors (Lipinski definition) is 2. The molecule has 2 amide bonds. The minimum atomic E-state index is -0.0203. The van der Waals surface area contributed by atoms with Crippen molar-refractivity contribution >= 4 is 28.8 Å². The van der Waals surface area contributed by atoms with Gasteiger partial charge in [0, 0.05) is 35.6 Å². The van der Waals surface area contributed by atoms with E-state index in [1.165, 1.54) is 4.88 Å². The SMILES string of the molecule is CC1(CN)CCN(C(=O)c2cccc(NC(=O)CCCc3cccs3)c2)C1. The number of nitrogens with zero attached hydrogens (tertiary/aromatic N) is 1. The van der Waals surface area contributed by atoms with E-state index in [9.17, 15) is 9.59 Å². The van der Waals surface area contributed by atoms with E-state index in [1.807, 2.05) is 28.5 Å². The molecule has 6 heteroatoms. The number of carbonyl (C=O) groups excluding carboxylic acids is 2. The van der Waals surface area contributed by atoms with E-state index in [0.29, 0.717) is 30.8 Å². The lowest BCUT2D eigenvalue weighted by atomic mass is 9.90. The summed E-state index contributed by atoms with van der Waals surface area (Å²) in [7, 11) is 0. The molecule has 1 saturated heterocycles. The van der Waals surface area contributed by atoms with Crippen LogP contribution in [0.2, 0.25) is 0 Å². The second-order valence-corrected chi connectivity index (χ2v) is 8.59. The lowest BCUT2D eigenvalue weighted by molar-refractivity contribution is -0.116. The molecule has 1 atom stereocenters. The first-order valence-corrected chi connectivity index (χ1v) is 10.3. The molecule has 0 aliphatic carbocycles. The fourth-order valence-corrected chi connectivity index (χ4v) is 4.13. The monoisotopic (exact) mass is 385 g/mol. The van der Waals surface area contributed by atoms with E-state index in [1.54, 1.807) is 23.5 Å². The smallest absolute Gasteiger partial charge is 0.253 e. The van der Waals surface area contributed by atoms with E-state index >= 15 is 0 Å². The van der Waals surface area contributed by atoms with Crippen molar-refractivity contribution in [3.63, 3.8) is 0 Å². The normalized spacial score (nSPS) is 19.3. The maximum atomic E-state index is 12.8. The molecule has 144 valence electrons. The van der Waals surface area contributed by atoms with Crippen molar-refractivity contribution in [2.45, 2.75) is 32.6 Å². The standard InChI is InChI=1S/C21H27N3O2S/c1-21(14-22)10-11-24(15-21)20(26)16-5-2-6-17(13-16)23-19(25)9-3-7-18-8-4-12-27-18/h2,4-6,8,12-13H,3,7,9-11,14-15,22H2,1H3,(H,23,25). The molecule has 2 heterocycles. The molecule has 1 aromatic carbocycles. The Bertz CT molecular complexity index is 790. The van der Waals surface area contributed by atoms with Gasteiger partial charge in [-0.05, 0) is 60.9 Å². The summed E-state index contributed by atoms with van der Waals surface area (Å²) in [5.74, 6) is -0.0194. The first-order chi connectivity index (χ1) is 13.0. The molecule has 3 N–H and O–H groups in total. The number of hydrogen-bond acceptors (Lipinski definition) is 4. The number of nitrogens with one attached hydrogen (secondary N) is 1. The van der Waals surface area contributed by atoms with Crippen LogP contribution in [-0.2, 0) is 11.2 Å². The van der Waals surface area contributed by atoms with Crippen LogP contribution < -0.4 is 11.1 Å². The molecule has 2 aromatic rings. The molecule has 0 radical (unpaired) electrons. The van der Waals surface area contributed by atoms with Crippen LogP contribution >= 0.6 is 11.3 Å². The highest BCUT2D eigenvalue weighted by atomic mass is 32.1. The quantitative estimate of drug-likeness (QED) is 0.766. The van der Waals surface area contributed by atoms with Crippen LogP contribution in [0, 0.1) is 5.41 Å². The van der Waals surface area contributed by atoms with Crippen LogP contribution in [0.25, 0.3) is 0 Å². The molecule has 1 aliphatic rings. The molecular weight excluding hydrogens is 358 g/mol. The third kappa shape index (κ3) is 5.17. The molecular formula is C21H27N3O2S. The molecule has 1 aliphatic heterocycles. The van der Waals surface area contributed by atoms with Crippen molar-refractivity contribution in [3.05, 3.63) is 52.2 Å². The first kappa shape index (κ1) is 19.6. The lowest BCUT2D eigenvalue weighted by Gasteiger charge is -2.22. The average Bonchev–Trinajstić information content (AvgIpc) is 3.32. The highest BCUT2D eigenvalue weighted by molar-refractivity contribution is 7.09. The zero-order valence-electron chi connectivity index (χ0n) is 15.7. The van der Waals surface area contributed by atoms with Crippen molar-refractivity contribution in [1.82, 2.24) is 4.90 Å². The first-order valence-electron chi connectivity index (χ1n) is 9.41. The fraction of sp³-hybridized carbons (Fsp3) is 0.429. The topological polar surface area (TPSA) is 75.4 Å². The number of likely N-dealkylation sites (tertiary alicyclic amines) is 1. The summed E-state index contributed by atoms with van der Waals surface area (Å²) in [6.07, 6.45) is 3.13. The summed E-state index contributed by atoms with van der Waals surface area (Å²) < 4.78 is 0. The van der Waals surface area contributed by atoms with Gasteiger partial charge in [-0.25, -0.2) is 0 Å². The summed E-state index contributed by atoms with van der Waals surface area (Å²) in [6.45, 7) is 4.11. The van der Waals surface area contributed by atoms with E-state index < -0.39 is 0 Å². The Morgan fingerprint density at radius 1 is 1.30 bits per heavy atom. The molecule has 27 heavy (non-hydrogen) atoms. The summed E-state index contributed by atoms with van der Waals surface area (Å²) >= 11 is 1.72. The number of aryl methyl sites for hydroxylation is 1. The van der Waals surface area contributed by atoms with Gasteiger partial charge >= 0.3 is 0 Å². The van der Waals surface area contributed by atoms with Gasteiger partial charge in [0.1, 0.15) is 0 Å². The molecule has 0 spiro atoms. The van der Waals surface area contributed by atoms with Gasteiger partial charge in [0.2, 0.25) is 5.91 Å². The van der Waals surface area contributed by atoms with Gasteiger partial charge in [0.15, 0.2) is 0 Å². The zero-order chi connectivity index (χ0) is 19.3. The van der Waals surface area contributed by atoms with Crippen molar-refractivity contribution < 1.29 is 9.59 Å². The Morgan fingerprint density at radius 2 is 2.15 bits per heavy atom. The van der Waals surface area contributed by atoms with Crippen LogP contribution in [-0.4, -0.2) is 36.3 Å². The van der Waals surface area contributed by atoms with E-state index in [-0.39, 0.29) is 17.2 Å². The van der Waals surface area contributed by atoms with E-state index in [4.69, 9.17) is 5.73 Å². The van der Waals surface area contributed by atoms with Crippen molar-refractivity contribution in [2.24, 2.45) is 11.1 Å². The molecule has 1 unspecified atom stereocenters. The van der Waals surface area contributed by atoms with Crippen LogP contribution in [0.4, 0.5) is 5.69 Å². The maximum Gasteiger partial charge on any atom is 0.253 e. The number of anilines is 1. The van der Waals surface area contributed by atoms with Crippen LogP contribution in [0.5, 0.6) is 0 Å². The van der Waals surface area contributed by atoms with Gasteiger partial charge < -0.3 is 16.0 Å². The minimum absolute atomic E-state index is 0.000898. The van der Waals surface area contributed by atoms with Gasteiger partial charge in [-0.3, -0.25) is 9.59 Å². The molecule has 0 bridgehead atoms. The number of carbonyl (C=O) groups is 2. The van der Waals surface area contributed by atoms with Gasteiger partial charge in [0.25, 0.3) is 5.91 Å². The molecule has 1 fully saturated rings. The van der Waals surface area contributed by atoms with Crippen molar-refractivity contribution in [3.8, 4) is 0 Å². The predicted molar refractivity (Wildman–Crippen MR) is 110 cm³/mol. The minimum Gasteiger partial charge on any atom is -0.338 e. The zero-order valence-corrected chi connectivity index (χ0v) is 16.6. The van der Waals surface area contributed by atoms with Gasteiger partial charge in [-0.1, -0.05) is 19.1 Å². The van der Waals surface area contributed by atoms with Crippen LogP contribution in [0.1, 0.15) is 41.4 Å². The van der Waals surface area contributed by atoms with Gasteiger partial charge in [0.05, 0.1) is 0 Å². The molecule has 1 aromatic heterocycles. The Balaban J connectivity index is 1.53. The number of nitrogens with two attached hydrogens (primary N) is 1. The summed E-state index contributed by atoms with van der Waals surface area (Å²) in [5.41, 5.74) is 7.11. The van der Waals surface area contributed by atoms with Crippen molar-refractivity contribution in [1.29, 1.82) is 0 Å². The predicted octanol–water partition coefficient (Wildman–Crippen LogP) is 3.52. The van der Waals surface area contributed by atoms with E-state index in [2.05, 4.69) is 18.3 Å². The highest BCUT2D eigenvalue weighted by Gasteiger charge is 2.35. The summed E-state index contributed by atoms with van der Waals surface area (Å²) in [6, 6.07) is 11.3. The third-order valence-electron chi connectivity index (χ3n) is 5.14. The second-order valence-electron chi connectivity index (χ2n) is 7.55. The maximum absolute atomic E-state index is 12.8. The number of thiophene rings is 1. The van der Waals surface area contributed by atoms with Gasteiger partial charge in [-0.2, -0.15) is 0 Å². The molecule has 5 nitrogen and oxygen atoms in total. The van der Waals surface area contributed by atoms with Crippen LogP contribution in [0.3, 0.4) is 0 Å². The Labute approximate surface area is 164 Å². The largest absolute Gasteiger partial charge is 0.338 e. The number of benzene rings is 1. The Morgan fingerprint density at radius 3 is 2.85 bits per heavy atom. The number of rotatable bonds is 7. The highest BCUT2D eigenvalue weighted by Crippen LogP contribution is 2.29. The second kappa shape index (κ2) is 8.67. The Hall–Kier alpha value is -2.18. The molecule has 0 saturated carbocycles. The van der Waals surface area contributed by atoms with Gasteiger partial charge in [-0.15, -0.1) is 11.3 Å². The Kier molecular flexibility index (Phi) is 6.29.